The molecule has 0 saturated carbocycles. The van der Waals surface area contributed by atoms with Gasteiger partial charge >= 0.3 is 0 Å². The Labute approximate surface area is 171 Å². The van der Waals surface area contributed by atoms with Crippen molar-refractivity contribution in [2.75, 3.05) is 20.2 Å². The molecule has 0 aromatic heterocycles. The van der Waals surface area contributed by atoms with Crippen LogP contribution in [0.25, 0.3) is 0 Å². The van der Waals surface area contributed by atoms with Crippen LogP contribution in [-0.4, -0.2) is 38.9 Å². The fraction of sp³-hybridized carbons (Fsp3) is 0.400. The topological polar surface area (TPSA) is 67.9 Å². The molecule has 152 valence electrons. The molecule has 0 unspecified atom stereocenters. The van der Waals surface area contributed by atoms with Crippen LogP contribution in [0.5, 0.6) is 11.5 Å². The Hall–Kier alpha value is -1.64. The summed E-state index contributed by atoms with van der Waals surface area (Å²) >= 11 is 5.91. The van der Waals surface area contributed by atoms with Crippen LogP contribution < -0.4 is 9.46 Å². The number of hydrogen-bond donors (Lipinski definition) is 1. The molecule has 1 fully saturated rings. The van der Waals surface area contributed by atoms with Gasteiger partial charge in [-0.3, -0.25) is 4.84 Å². The van der Waals surface area contributed by atoms with Crippen molar-refractivity contribution >= 4 is 21.6 Å². The molecule has 28 heavy (non-hydrogen) atoms. The number of hydrogen-bond acceptors (Lipinski definition) is 5. The first-order valence-corrected chi connectivity index (χ1v) is 11.1. The number of halogens is 1. The zero-order chi connectivity index (χ0) is 20.3. The highest BCUT2D eigenvalue weighted by Gasteiger charge is 2.43. The van der Waals surface area contributed by atoms with Crippen molar-refractivity contribution in [1.29, 1.82) is 0 Å². The maximum Gasteiger partial charge on any atom is 0.218 e. The first kappa shape index (κ1) is 21.1. The third kappa shape index (κ3) is 5.04. The molecule has 1 heterocycles. The van der Waals surface area contributed by atoms with Gasteiger partial charge in [0.15, 0.2) is 0 Å². The van der Waals surface area contributed by atoms with Gasteiger partial charge in [0.25, 0.3) is 0 Å². The highest BCUT2D eigenvalue weighted by atomic mass is 35.5. The molecule has 2 atom stereocenters. The monoisotopic (exact) mass is 424 g/mol. The maximum absolute atomic E-state index is 12.8. The van der Waals surface area contributed by atoms with E-state index in [0.717, 1.165) is 5.56 Å². The van der Waals surface area contributed by atoms with E-state index >= 15 is 0 Å². The van der Waals surface area contributed by atoms with Gasteiger partial charge in [0.2, 0.25) is 10.0 Å². The van der Waals surface area contributed by atoms with E-state index in [2.05, 4.69) is 4.72 Å². The summed E-state index contributed by atoms with van der Waals surface area (Å²) in [5.41, 5.74) is 0.811. The van der Waals surface area contributed by atoms with E-state index in [9.17, 15) is 8.42 Å². The Morgan fingerprint density at radius 1 is 1.21 bits per heavy atom. The van der Waals surface area contributed by atoms with Crippen LogP contribution in [-0.2, 0) is 14.9 Å². The Morgan fingerprint density at radius 3 is 2.61 bits per heavy atom. The van der Waals surface area contributed by atoms with Gasteiger partial charge in [-0.1, -0.05) is 37.6 Å². The molecule has 3 rings (SSSR count). The normalized spacial score (nSPS) is 20.6. The summed E-state index contributed by atoms with van der Waals surface area (Å²) in [5, 5.41) is 1.52. The predicted octanol–water partition coefficient (Wildman–Crippen LogP) is 3.99. The molecule has 1 saturated heterocycles. The lowest BCUT2D eigenvalue weighted by Crippen LogP contribution is -2.40. The SMILES string of the molecule is CC(C)CNS(=O)(=O)[C@@H]1CON(C)[C@H]1c1cccc(Oc2ccc(Cl)cc2)c1. The van der Waals surface area contributed by atoms with Crippen molar-refractivity contribution in [2.45, 2.75) is 25.1 Å². The average molecular weight is 425 g/mol. The van der Waals surface area contributed by atoms with Crippen LogP contribution in [0.1, 0.15) is 25.5 Å². The first-order valence-electron chi connectivity index (χ1n) is 9.14. The summed E-state index contributed by atoms with van der Waals surface area (Å²) in [7, 11) is -1.79. The van der Waals surface area contributed by atoms with Crippen molar-refractivity contribution in [2.24, 2.45) is 5.92 Å². The molecule has 0 spiro atoms. The van der Waals surface area contributed by atoms with Gasteiger partial charge in [-0.25, -0.2) is 13.1 Å². The van der Waals surface area contributed by atoms with Crippen molar-refractivity contribution in [3.63, 3.8) is 0 Å². The lowest BCUT2D eigenvalue weighted by molar-refractivity contribution is -0.110. The average Bonchev–Trinajstić information content (AvgIpc) is 3.05. The molecule has 8 heteroatoms. The largest absolute Gasteiger partial charge is 0.457 e. The summed E-state index contributed by atoms with van der Waals surface area (Å²) < 4.78 is 34.2. The molecule has 0 bridgehead atoms. The van der Waals surface area contributed by atoms with Crippen LogP contribution in [0, 0.1) is 5.92 Å². The van der Waals surface area contributed by atoms with E-state index < -0.39 is 21.3 Å². The number of hydroxylamine groups is 2. The van der Waals surface area contributed by atoms with E-state index in [1.165, 1.54) is 0 Å². The standard InChI is InChI=1S/C20H25ClN2O4S/c1-14(2)12-22-28(24,25)19-13-26-23(3)20(19)15-5-4-6-18(11-15)27-17-9-7-16(21)8-10-17/h4-11,14,19-20,22H,12-13H2,1-3H3/t19-,20+/m1/s1. The zero-order valence-electron chi connectivity index (χ0n) is 16.1. The summed E-state index contributed by atoms with van der Waals surface area (Å²) in [5.74, 6) is 1.50. The highest BCUT2D eigenvalue weighted by Crippen LogP contribution is 2.35. The second-order valence-electron chi connectivity index (χ2n) is 7.24. The fourth-order valence-corrected chi connectivity index (χ4v) is 4.88. The molecule has 6 nitrogen and oxygen atoms in total. The minimum Gasteiger partial charge on any atom is -0.457 e. The Morgan fingerprint density at radius 2 is 1.93 bits per heavy atom. The lowest BCUT2D eigenvalue weighted by Gasteiger charge is -2.24. The molecule has 0 radical (unpaired) electrons. The van der Waals surface area contributed by atoms with Gasteiger partial charge in [-0.05, 0) is 47.9 Å². The molecular formula is C20H25ClN2O4S. The number of nitrogens with one attached hydrogen (secondary N) is 1. The van der Waals surface area contributed by atoms with Crippen LogP contribution in [0.15, 0.2) is 48.5 Å². The lowest BCUT2D eigenvalue weighted by atomic mass is 10.0. The third-order valence-corrected chi connectivity index (χ3v) is 6.54. The predicted molar refractivity (Wildman–Crippen MR) is 110 cm³/mol. The van der Waals surface area contributed by atoms with E-state index in [0.29, 0.717) is 23.1 Å². The number of sulfonamides is 1. The van der Waals surface area contributed by atoms with Gasteiger partial charge in [0.1, 0.15) is 16.7 Å². The second-order valence-corrected chi connectivity index (χ2v) is 9.66. The zero-order valence-corrected chi connectivity index (χ0v) is 17.7. The van der Waals surface area contributed by atoms with Gasteiger partial charge in [-0.2, -0.15) is 5.06 Å². The Kier molecular flexibility index (Phi) is 6.62. The van der Waals surface area contributed by atoms with E-state index in [4.69, 9.17) is 21.2 Å². The van der Waals surface area contributed by atoms with Crippen LogP contribution in [0.2, 0.25) is 5.02 Å². The number of benzene rings is 2. The number of nitrogens with zero attached hydrogens (tertiary/aromatic N) is 1. The second kappa shape index (κ2) is 8.80. The van der Waals surface area contributed by atoms with Gasteiger partial charge in [-0.15, -0.1) is 0 Å². The Balaban J connectivity index is 1.83. The number of ether oxygens (including phenoxy) is 1. The van der Waals surface area contributed by atoms with Gasteiger partial charge < -0.3 is 4.74 Å². The summed E-state index contributed by atoms with van der Waals surface area (Å²) in [6, 6.07) is 14.0. The van der Waals surface area contributed by atoms with E-state index in [-0.39, 0.29) is 12.5 Å². The van der Waals surface area contributed by atoms with Crippen LogP contribution >= 0.6 is 11.6 Å². The van der Waals surface area contributed by atoms with Crippen molar-refractivity contribution in [1.82, 2.24) is 9.79 Å². The molecule has 2 aromatic carbocycles. The van der Waals surface area contributed by atoms with E-state index in [1.807, 2.05) is 38.1 Å². The molecule has 1 aliphatic heterocycles. The third-order valence-electron chi connectivity index (χ3n) is 4.53. The first-order chi connectivity index (χ1) is 13.3. The molecule has 0 aliphatic carbocycles. The maximum atomic E-state index is 12.8. The van der Waals surface area contributed by atoms with Crippen molar-refractivity contribution < 1.29 is 18.0 Å². The van der Waals surface area contributed by atoms with Crippen LogP contribution in [0.4, 0.5) is 0 Å². The van der Waals surface area contributed by atoms with Crippen LogP contribution in [0.3, 0.4) is 0 Å². The molecule has 1 N–H and O–H groups in total. The molecule has 0 amide bonds. The summed E-state index contributed by atoms with van der Waals surface area (Å²) in [6.45, 7) is 4.44. The highest BCUT2D eigenvalue weighted by molar-refractivity contribution is 7.90. The minimum atomic E-state index is -3.53. The fourth-order valence-electron chi connectivity index (χ4n) is 3.07. The molecule has 2 aromatic rings. The van der Waals surface area contributed by atoms with Gasteiger partial charge in [0, 0.05) is 18.6 Å². The van der Waals surface area contributed by atoms with E-state index in [1.54, 1.807) is 36.4 Å². The van der Waals surface area contributed by atoms with Crippen molar-refractivity contribution in [3.8, 4) is 11.5 Å². The Bertz CT molecular complexity index is 903. The summed E-state index contributed by atoms with van der Waals surface area (Å²) in [6.07, 6.45) is 0. The minimum absolute atomic E-state index is 0.108. The summed E-state index contributed by atoms with van der Waals surface area (Å²) in [4.78, 5) is 5.56. The smallest absolute Gasteiger partial charge is 0.218 e. The van der Waals surface area contributed by atoms with Gasteiger partial charge in [0.05, 0.1) is 12.6 Å². The number of rotatable bonds is 7. The molecular weight excluding hydrogens is 400 g/mol. The molecule has 1 aliphatic rings. The quantitative estimate of drug-likeness (QED) is 0.727. The van der Waals surface area contributed by atoms with Crippen molar-refractivity contribution in [3.05, 3.63) is 59.1 Å².